The molecular formula is C22H23NO5S. The van der Waals surface area contributed by atoms with E-state index >= 15 is 0 Å². The number of rotatable bonds is 9. The molecule has 152 valence electrons. The van der Waals surface area contributed by atoms with Gasteiger partial charge >= 0.3 is 0 Å². The van der Waals surface area contributed by atoms with Crippen molar-refractivity contribution in [3.63, 3.8) is 0 Å². The molecule has 3 rings (SSSR count). The number of hydrogen-bond acceptors (Lipinski definition) is 5. The fraction of sp³-hybridized carbons (Fsp3) is 0.227. The van der Waals surface area contributed by atoms with E-state index < -0.39 is 9.84 Å². The van der Waals surface area contributed by atoms with Crippen LogP contribution >= 0.6 is 0 Å². The summed E-state index contributed by atoms with van der Waals surface area (Å²) < 4.78 is 35.8. The van der Waals surface area contributed by atoms with E-state index in [-0.39, 0.29) is 28.1 Å². The number of methoxy groups -OCH3 is 1. The van der Waals surface area contributed by atoms with Crippen LogP contribution in [0.5, 0.6) is 0 Å². The zero-order valence-corrected chi connectivity index (χ0v) is 17.0. The Bertz CT molecular complexity index is 1030. The highest BCUT2D eigenvalue weighted by Crippen LogP contribution is 2.19. The lowest BCUT2D eigenvalue weighted by molar-refractivity contribution is 0.0648. The van der Waals surface area contributed by atoms with Crippen LogP contribution in [0.4, 0.5) is 0 Å². The molecule has 0 fully saturated rings. The van der Waals surface area contributed by atoms with E-state index in [1.165, 1.54) is 24.3 Å². The first-order valence-electron chi connectivity index (χ1n) is 9.18. The standard InChI is InChI=1S/C22H23NO5S/c1-27-15-14-23(16-18-8-4-2-5-9-18)22(24)21-13-12-19(28-21)17-29(25,26)20-10-6-3-7-11-20/h2-13H,14-17H2,1H3. The maximum absolute atomic E-state index is 12.9. The maximum atomic E-state index is 12.9. The smallest absolute Gasteiger partial charge is 0.289 e. The second-order valence-electron chi connectivity index (χ2n) is 6.54. The summed E-state index contributed by atoms with van der Waals surface area (Å²) in [4.78, 5) is 14.8. The lowest BCUT2D eigenvalue weighted by Crippen LogP contribution is -2.33. The van der Waals surface area contributed by atoms with E-state index in [0.29, 0.717) is 19.7 Å². The summed E-state index contributed by atoms with van der Waals surface area (Å²) >= 11 is 0. The number of carbonyl (C=O) groups excluding carboxylic acids is 1. The number of benzene rings is 2. The molecule has 3 aromatic rings. The number of ether oxygens (including phenoxy) is 1. The predicted octanol–water partition coefficient (Wildman–Crippen LogP) is 3.54. The van der Waals surface area contributed by atoms with Gasteiger partial charge in [0.05, 0.1) is 11.5 Å². The van der Waals surface area contributed by atoms with Crippen LogP contribution in [0.15, 0.2) is 82.1 Å². The lowest BCUT2D eigenvalue weighted by Gasteiger charge is -2.21. The van der Waals surface area contributed by atoms with Crippen LogP contribution in [0.3, 0.4) is 0 Å². The second kappa shape index (κ2) is 9.54. The Labute approximate surface area is 170 Å². The lowest BCUT2D eigenvalue weighted by atomic mass is 10.2. The summed E-state index contributed by atoms with van der Waals surface area (Å²) in [7, 11) is -1.97. The molecule has 0 spiro atoms. The van der Waals surface area contributed by atoms with Crippen molar-refractivity contribution in [1.82, 2.24) is 4.90 Å². The van der Waals surface area contributed by atoms with Crippen molar-refractivity contribution in [1.29, 1.82) is 0 Å². The van der Waals surface area contributed by atoms with Gasteiger partial charge in [-0.3, -0.25) is 4.79 Å². The Kier molecular flexibility index (Phi) is 6.85. The number of furan rings is 1. The van der Waals surface area contributed by atoms with Crippen LogP contribution in [0.1, 0.15) is 21.9 Å². The number of sulfone groups is 1. The summed E-state index contributed by atoms with van der Waals surface area (Å²) in [5.74, 6) is -0.283. The van der Waals surface area contributed by atoms with E-state index in [4.69, 9.17) is 9.15 Å². The van der Waals surface area contributed by atoms with Gasteiger partial charge in [0.1, 0.15) is 11.5 Å². The van der Waals surface area contributed by atoms with Crippen LogP contribution in [0, 0.1) is 0 Å². The van der Waals surface area contributed by atoms with Crippen molar-refractivity contribution in [2.45, 2.75) is 17.2 Å². The molecule has 6 nitrogen and oxygen atoms in total. The van der Waals surface area contributed by atoms with Gasteiger partial charge < -0.3 is 14.1 Å². The topological polar surface area (TPSA) is 76.8 Å². The van der Waals surface area contributed by atoms with Crippen molar-refractivity contribution in [2.24, 2.45) is 0 Å². The van der Waals surface area contributed by atoms with Crippen molar-refractivity contribution in [3.8, 4) is 0 Å². The van der Waals surface area contributed by atoms with E-state index in [0.717, 1.165) is 5.56 Å². The molecule has 7 heteroatoms. The molecule has 0 bridgehead atoms. The molecule has 29 heavy (non-hydrogen) atoms. The summed E-state index contributed by atoms with van der Waals surface area (Å²) in [6, 6.07) is 20.8. The van der Waals surface area contributed by atoms with Gasteiger partial charge in [-0.05, 0) is 29.8 Å². The minimum atomic E-state index is -3.55. The van der Waals surface area contributed by atoms with Crippen molar-refractivity contribution in [3.05, 3.63) is 89.9 Å². The number of amides is 1. The first-order chi connectivity index (χ1) is 14.0. The molecule has 1 heterocycles. The van der Waals surface area contributed by atoms with Crippen LogP contribution in [0.25, 0.3) is 0 Å². The van der Waals surface area contributed by atoms with Crippen LogP contribution in [0.2, 0.25) is 0 Å². The Hall–Kier alpha value is -2.90. The Morgan fingerprint density at radius 3 is 2.28 bits per heavy atom. The third kappa shape index (κ3) is 5.56. The van der Waals surface area contributed by atoms with E-state index in [9.17, 15) is 13.2 Å². The average Bonchev–Trinajstić information content (AvgIpc) is 3.19. The highest BCUT2D eigenvalue weighted by molar-refractivity contribution is 7.90. The van der Waals surface area contributed by atoms with Crippen molar-refractivity contribution >= 4 is 15.7 Å². The molecule has 1 aromatic heterocycles. The Morgan fingerprint density at radius 1 is 0.966 bits per heavy atom. The van der Waals surface area contributed by atoms with Crippen molar-refractivity contribution < 1.29 is 22.4 Å². The van der Waals surface area contributed by atoms with Gasteiger partial charge in [0.15, 0.2) is 15.6 Å². The van der Waals surface area contributed by atoms with Gasteiger partial charge in [-0.25, -0.2) is 8.42 Å². The molecule has 0 N–H and O–H groups in total. The SMILES string of the molecule is COCCN(Cc1ccccc1)C(=O)c1ccc(CS(=O)(=O)c2ccccc2)o1. The average molecular weight is 413 g/mol. The molecule has 0 radical (unpaired) electrons. The molecule has 1 amide bonds. The van der Waals surface area contributed by atoms with Crippen molar-refractivity contribution in [2.75, 3.05) is 20.3 Å². The maximum Gasteiger partial charge on any atom is 0.289 e. The summed E-state index contributed by atoms with van der Waals surface area (Å²) in [6.45, 7) is 1.18. The third-order valence-electron chi connectivity index (χ3n) is 4.38. The molecule has 0 aliphatic carbocycles. The predicted molar refractivity (Wildman–Crippen MR) is 109 cm³/mol. The molecule has 0 saturated carbocycles. The minimum absolute atomic E-state index is 0.107. The van der Waals surface area contributed by atoms with E-state index in [1.54, 1.807) is 30.2 Å². The van der Waals surface area contributed by atoms with Gasteiger partial charge in [-0.1, -0.05) is 48.5 Å². The monoisotopic (exact) mass is 413 g/mol. The van der Waals surface area contributed by atoms with Gasteiger partial charge in [0, 0.05) is 20.2 Å². The van der Waals surface area contributed by atoms with E-state index in [2.05, 4.69) is 0 Å². The van der Waals surface area contributed by atoms with Crippen LogP contribution in [-0.4, -0.2) is 39.5 Å². The normalized spacial score (nSPS) is 11.3. The first-order valence-corrected chi connectivity index (χ1v) is 10.8. The van der Waals surface area contributed by atoms with Gasteiger partial charge in [-0.15, -0.1) is 0 Å². The molecule has 2 aromatic carbocycles. The van der Waals surface area contributed by atoms with Gasteiger partial charge in [-0.2, -0.15) is 0 Å². The largest absolute Gasteiger partial charge is 0.455 e. The molecule has 0 atom stereocenters. The molecule has 0 saturated heterocycles. The number of nitrogens with zero attached hydrogens (tertiary/aromatic N) is 1. The zero-order valence-electron chi connectivity index (χ0n) is 16.2. The minimum Gasteiger partial charge on any atom is -0.455 e. The van der Waals surface area contributed by atoms with Gasteiger partial charge in [0.25, 0.3) is 5.91 Å². The fourth-order valence-corrected chi connectivity index (χ4v) is 4.15. The van der Waals surface area contributed by atoms with Gasteiger partial charge in [0.2, 0.25) is 0 Å². The molecule has 0 unspecified atom stereocenters. The number of carbonyl (C=O) groups is 1. The Balaban J connectivity index is 1.75. The van der Waals surface area contributed by atoms with Crippen LogP contribution in [-0.2, 0) is 26.9 Å². The summed E-state index contributed by atoms with van der Waals surface area (Å²) in [5, 5.41) is 0. The highest BCUT2D eigenvalue weighted by atomic mass is 32.2. The number of hydrogen-bond donors (Lipinski definition) is 0. The van der Waals surface area contributed by atoms with Crippen LogP contribution < -0.4 is 0 Å². The molecular weight excluding hydrogens is 390 g/mol. The molecule has 0 aliphatic heterocycles. The van der Waals surface area contributed by atoms with E-state index in [1.807, 2.05) is 30.3 Å². The highest BCUT2D eigenvalue weighted by Gasteiger charge is 2.22. The third-order valence-corrected chi connectivity index (χ3v) is 6.03. The quantitative estimate of drug-likeness (QED) is 0.536. The zero-order chi connectivity index (χ0) is 20.7. The first kappa shape index (κ1) is 20.8. The molecule has 0 aliphatic rings. The summed E-state index contributed by atoms with van der Waals surface area (Å²) in [5.41, 5.74) is 0.982. The fourth-order valence-electron chi connectivity index (χ4n) is 2.88. The Morgan fingerprint density at radius 2 is 1.62 bits per heavy atom. The second-order valence-corrected chi connectivity index (χ2v) is 8.53. The summed E-state index contributed by atoms with van der Waals surface area (Å²) in [6.07, 6.45) is 0.